The Balaban J connectivity index is 1.59. The van der Waals surface area contributed by atoms with E-state index in [0.717, 1.165) is 24.0 Å². The summed E-state index contributed by atoms with van der Waals surface area (Å²) in [5.74, 6) is -2.03. The monoisotopic (exact) mass is 660 g/mol. The van der Waals surface area contributed by atoms with E-state index in [1.165, 1.54) is 16.4 Å². The van der Waals surface area contributed by atoms with E-state index in [9.17, 15) is 27.8 Å². The molecule has 1 amide bonds. The molecule has 5 atom stereocenters. The number of carbonyl (C=O) groups is 2. The van der Waals surface area contributed by atoms with Gasteiger partial charge in [0.15, 0.2) is 0 Å². The molecular formula is C33H35Cl2FN2O5S. The lowest BCUT2D eigenvalue weighted by molar-refractivity contribution is -0.161. The summed E-state index contributed by atoms with van der Waals surface area (Å²) in [5.41, 5.74) is 1.15. The van der Waals surface area contributed by atoms with Crippen LogP contribution in [0.15, 0.2) is 72.8 Å². The maximum Gasteiger partial charge on any atom is 0.304 e. The van der Waals surface area contributed by atoms with Crippen LogP contribution < -0.4 is 0 Å². The molecule has 0 radical (unpaired) electrons. The summed E-state index contributed by atoms with van der Waals surface area (Å²) in [7, 11) is 0. The van der Waals surface area contributed by atoms with Gasteiger partial charge in [-0.2, -0.15) is 4.31 Å². The Morgan fingerprint density at radius 3 is 2.39 bits per heavy atom. The number of nitrogens with zero attached hydrogens (tertiary/aromatic N) is 2. The van der Waals surface area contributed by atoms with Crippen LogP contribution in [0.25, 0.3) is 0 Å². The lowest BCUT2D eigenvalue weighted by Gasteiger charge is -2.52. The molecule has 1 heterocycles. The van der Waals surface area contributed by atoms with Crippen LogP contribution in [0.5, 0.6) is 0 Å². The van der Waals surface area contributed by atoms with Crippen molar-refractivity contribution < 1.29 is 27.8 Å². The number of amides is 1. The number of likely N-dealkylation sites (tertiary alicyclic amines) is 1. The molecule has 1 aliphatic carbocycles. The van der Waals surface area contributed by atoms with Crippen molar-refractivity contribution in [2.24, 2.45) is 11.3 Å². The Morgan fingerprint density at radius 1 is 1.07 bits per heavy atom. The van der Waals surface area contributed by atoms with Crippen LogP contribution in [0.4, 0.5) is 4.39 Å². The average Bonchev–Trinajstić information content (AvgIpc) is 3.80. The first-order valence-electron chi connectivity index (χ1n) is 14.6. The van der Waals surface area contributed by atoms with Crippen molar-refractivity contribution in [3.8, 4) is 0 Å². The highest BCUT2D eigenvalue weighted by Gasteiger charge is 2.54. The zero-order valence-corrected chi connectivity index (χ0v) is 26.6. The maximum absolute atomic E-state index is 14.6. The van der Waals surface area contributed by atoms with E-state index >= 15 is 0 Å². The third kappa shape index (κ3) is 7.51. The van der Waals surface area contributed by atoms with Crippen molar-refractivity contribution in [1.29, 1.82) is 0 Å². The Labute approximate surface area is 269 Å². The molecule has 234 valence electrons. The zero-order chi connectivity index (χ0) is 31.6. The number of carbonyl (C=O) groups excluding carboxylic acids is 1. The zero-order valence-electron chi connectivity index (χ0n) is 24.2. The second-order valence-corrected chi connectivity index (χ2v) is 14.0. The molecule has 0 bridgehead atoms. The number of piperidine rings is 1. The van der Waals surface area contributed by atoms with Gasteiger partial charge >= 0.3 is 5.97 Å². The predicted molar refractivity (Wildman–Crippen MR) is 169 cm³/mol. The molecule has 2 fully saturated rings. The summed E-state index contributed by atoms with van der Waals surface area (Å²) in [4.78, 5) is 28.5. The van der Waals surface area contributed by atoms with Crippen LogP contribution in [-0.4, -0.2) is 54.1 Å². The SMILES string of the molecule is CC1(CC(=O)O)CC(c2cccc(Cl)c2)C(c2ccc(Cl)cc2)N(C(CN(CCc2cccc(F)c2)S(=O)O)C2CC2)C1=O. The Morgan fingerprint density at radius 2 is 1.77 bits per heavy atom. The van der Waals surface area contributed by atoms with Gasteiger partial charge < -0.3 is 10.0 Å². The number of rotatable bonds is 12. The smallest absolute Gasteiger partial charge is 0.304 e. The Bertz CT molecular complexity index is 1540. The van der Waals surface area contributed by atoms with Crippen LogP contribution >= 0.6 is 23.2 Å². The van der Waals surface area contributed by atoms with Gasteiger partial charge in [0.1, 0.15) is 5.82 Å². The van der Waals surface area contributed by atoms with Gasteiger partial charge in [0.25, 0.3) is 0 Å². The molecule has 7 nitrogen and oxygen atoms in total. The largest absolute Gasteiger partial charge is 0.481 e. The minimum Gasteiger partial charge on any atom is -0.481 e. The van der Waals surface area contributed by atoms with E-state index in [4.69, 9.17) is 23.2 Å². The van der Waals surface area contributed by atoms with Gasteiger partial charge in [-0.25, -0.2) is 8.60 Å². The van der Waals surface area contributed by atoms with Crippen molar-refractivity contribution in [2.75, 3.05) is 13.1 Å². The highest BCUT2D eigenvalue weighted by Crippen LogP contribution is 2.54. The van der Waals surface area contributed by atoms with Crippen molar-refractivity contribution in [2.45, 2.75) is 57.0 Å². The number of carboxylic acid groups (broad SMARTS) is 1. The van der Waals surface area contributed by atoms with Crippen molar-refractivity contribution in [3.63, 3.8) is 0 Å². The quantitative estimate of drug-likeness (QED) is 0.201. The number of hydrogen-bond acceptors (Lipinski definition) is 3. The third-order valence-corrected chi connectivity index (χ3v) is 10.1. The molecule has 1 saturated heterocycles. The lowest BCUT2D eigenvalue weighted by atomic mass is 9.67. The third-order valence-electron chi connectivity index (χ3n) is 8.81. The van der Waals surface area contributed by atoms with Gasteiger partial charge in [-0.15, -0.1) is 0 Å². The van der Waals surface area contributed by atoms with Crippen LogP contribution in [0, 0.1) is 17.2 Å². The number of benzene rings is 3. The van der Waals surface area contributed by atoms with Crippen LogP contribution in [0.1, 0.15) is 61.3 Å². The van der Waals surface area contributed by atoms with E-state index in [2.05, 4.69) is 0 Å². The first kappa shape index (κ1) is 32.6. The fourth-order valence-electron chi connectivity index (χ4n) is 6.58. The van der Waals surface area contributed by atoms with E-state index in [0.29, 0.717) is 22.0 Å². The fourth-order valence-corrected chi connectivity index (χ4v) is 7.43. The summed E-state index contributed by atoms with van der Waals surface area (Å²) < 4.78 is 38.3. The highest BCUT2D eigenvalue weighted by molar-refractivity contribution is 7.76. The molecule has 3 aromatic rings. The minimum absolute atomic E-state index is 0.0566. The summed E-state index contributed by atoms with van der Waals surface area (Å²) >= 11 is 10.3. The van der Waals surface area contributed by atoms with E-state index in [1.807, 2.05) is 30.3 Å². The molecule has 0 aromatic heterocycles. The first-order chi connectivity index (χ1) is 20.9. The molecule has 44 heavy (non-hydrogen) atoms. The van der Waals surface area contributed by atoms with Gasteiger partial charge in [0.05, 0.1) is 17.9 Å². The van der Waals surface area contributed by atoms with Crippen molar-refractivity contribution >= 4 is 46.3 Å². The fraction of sp³-hybridized carbons (Fsp3) is 0.394. The lowest BCUT2D eigenvalue weighted by Crippen LogP contribution is -2.59. The summed E-state index contributed by atoms with van der Waals surface area (Å²) in [6.07, 6.45) is 1.90. The van der Waals surface area contributed by atoms with Gasteiger partial charge in [-0.05, 0) is 84.7 Å². The molecular weight excluding hydrogens is 626 g/mol. The average molecular weight is 662 g/mol. The predicted octanol–water partition coefficient (Wildman–Crippen LogP) is 7.13. The number of halogens is 3. The molecule has 5 rings (SSSR count). The van der Waals surface area contributed by atoms with Crippen LogP contribution in [0.3, 0.4) is 0 Å². The number of hydrogen-bond donors (Lipinski definition) is 2. The van der Waals surface area contributed by atoms with Crippen LogP contribution in [-0.2, 0) is 27.3 Å². The maximum atomic E-state index is 14.6. The van der Waals surface area contributed by atoms with Crippen LogP contribution in [0.2, 0.25) is 10.0 Å². The molecule has 1 aliphatic heterocycles. The molecule has 2 N–H and O–H groups in total. The molecule has 2 aliphatic rings. The number of aliphatic carboxylic acids is 1. The summed E-state index contributed by atoms with van der Waals surface area (Å²) in [5, 5.41) is 11.0. The first-order valence-corrected chi connectivity index (χ1v) is 16.4. The van der Waals surface area contributed by atoms with Gasteiger partial charge in [0.2, 0.25) is 17.2 Å². The molecule has 1 saturated carbocycles. The normalized spacial score (nSPS) is 23.5. The Hall–Kier alpha value is -2.82. The van der Waals surface area contributed by atoms with Gasteiger partial charge in [0, 0.05) is 35.1 Å². The summed E-state index contributed by atoms with van der Waals surface area (Å²) in [6, 6.07) is 19.8. The second kappa shape index (κ2) is 13.7. The van der Waals surface area contributed by atoms with E-state index < -0.39 is 34.7 Å². The highest BCUT2D eigenvalue weighted by atomic mass is 35.5. The van der Waals surface area contributed by atoms with Crippen molar-refractivity contribution in [3.05, 3.63) is 105 Å². The number of carboxylic acids is 1. The standard InChI is InChI=1S/C33H35Cl2FN2O5S/c1-33(19-30(39)40)18-28(24-5-3-6-26(35)17-24)31(23-10-12-25(34)13-11-23)38(32(33)41)29(22-8-9-22)20-37(44(42)43)15-14-21-4-2-7-27(36)16-21/h2-7,10-13,16-17,22,28-29,31H,8-9,14-15,18-20H2,1H3,(H,39,40)(H,42,43). The van der Waals surface area contributed by atoms with Gasteiger partial charge in [-0.1, -0.05) is 66.5 Å². The Kier molecular flexibility index (Phi) is 10.1. The molecule has 5 unspecified atom stereocenters. The topological polar surface area (TPSA) is 98.2 Å². The molecule has 11 heteroatoms. The molecule has 0 spiro atoms. The van der Waals surface area contributed by atoms with Gasteiger partial charge in [-0.3, -0.25) is 14.1 Å². The summed E-state index contributed by atoms with van der Waals surface area (Å²) in [6.45, 7) is 1.94. The van der Waals surface area contributed by atoms with Crippen molar-refractivity contribution in [1.82, 2.24) is 9.21 Å². The van der Waals surface area contributed by atoms with E-state index in [1.54, 1.807) is 42.2 Å². The molecule has 3 aromatic carbocycles. The second-order valence-electron chi connectivity index (χ2n) is 12.1. The van der Waals surface area contributed by atoms with E-state index in [-0.39, 0.29) is 49.5 Å². The minimum atomic E-state index is -2.37.